The number of phosphoric acid groups is 6. The summed E-state index contributed by atoms with van der Waals surface area (Å²) in [4.78, 5) is 152. The number of hydrogen-bond donors (Lipinski definition) is 19. The lowest BCUT2D eigenvalue weighted by molar-refractivity contribution is -0.332. The molecule has 2 heterocycles. The molecule has 6 unspecified atom stereocenters. The van der Waals surface area contributed by atoms with E-state index in [0.29, 0.717) is 12.8 Å². The first-order valence-corrected chi connectivity index (χ1v) is 53.9. The maximum atomic E-state index is 13.4. The summed E-state index contributed by atoms with van der Waals surface area (Å²) in [5.74, 6) is -7.61. The lowest BCUT2D eigenvalue weighted by atomic mass is 9.98. The number of aliphatic hydroxyl groups excluding tert-OH is 8. The molecule has 2 fully saturated rings. The van der Waals surface area contributed by atoms with Gasteiger partial charge in [0.05, 0.1) is 99.1 Å². The molecule has 28 atom stereocenters. The molecule has 806 valence electrons. The molecule has 2 aliphatic heterocycles. The van der Waals surface area contributed by atoms with E-state index >= 15 is 0 Å². The molecule has 137 heavy (non-hydrogen) atoms. The molecule has 0 aliphatic carbocycles. The lowest BCUT2D eigenvalue weighted by Gasteiger charge is -2.43. The van der Waals surface area contributed by atoms with Crippen molar-refractivity contribution in [1.82, 2.24) is 0 Å². The molecule has 2 rings (SSSR count). The first-order valence-electron chi connectivity index (χ1n) is 44.9. The number of unbranched alkanes of at least 4 members (excludes halogenated alkanes) is 20. The molecule has 61 heteroatoms. The van der Waals surface area contributed by atoms with E-state index in [1.54, 1.807) is 0 Å². The van der Waals surface area contributed by atoms with E-state index in [-0.39, 0.29) is 12.8 Å². The normalized spacial score (nSPS) is 24.0. The van der Waals surface area contributed by atoms with Crippen molar-refractivity contribution < 1.29 is 238 Å². The molecule has 0 aromatic carbocycles. The van der Waals surface area contributed by atoms with E-state index < -0.39 is 329 Å². The third-order valence-electron chi connectivity index (χ3n) is 19.5. The van der Waals surface area contributed by atoms with Crippen molar-refractivity contribution in [2.75, 3.05) is 106 Å². The maximum absolute atomic E-state index is 13.4. The van der Waals surface area contributed by atoms with Crippen LogP contribution in [-0.4, -0.2) is 352 Å². The van der Waals surface area contributed by atoms with Gasteiger partial charge in [-0.3, -0.25) is 87.8 Å². The Labute approximate surface area is 794 Å². The molecule has 0 spiro atoms. The molecule has 2 aliphatic rings. The molecule has 55 nitrogen and oxygen atoms in total. The highest BCUT2D eigenvalue weighted by Crippen LogP contribution is 2.50. The van der Waals surface area contributed by atoms with Crippen molar-refractivity contribution >= 4 is 88.7 Å². The summed E-state index contributed by atoms with van der Waals surface area (Å²) in [6.07, 6.45) is -9.54. The summed E-state index contributed by atoms with van der Waals surface area (Å²) in [5.41, 5.74) is 27.9. The molecule has 0 amide bonds. The Morgan fingerprint density at radius 3 is 0.796 bits per heavy atom. The van der Waals surface area contributed by atoms with Gasteiger partial charge in [0.25, 0.3) is 0 Å². The minimum absolute atomic E-state index is 0.0293. The van der Waals surface area contributed by atoms with Gasteiger partial charge in [0.15, 0.2) is 18.7 Å². The largest absolute Gasteiger partial charge is 0.472 e. The zero-order valence-corrected chi connectivity index (χ0v) is 83.4. The number of esters is 7. The predicted octanol–water partition coefficient (Wildman–Crippen LogP) is 0.942. The summed E-state index contributed by atoms with van der Waals surface area (Å²) in [6.45, 7) is -7.87. The fraction of sp³-hybridized carbons (Fsp3) is 0.908. The van der Waals surface area contributed by atoms with Crippen LogP contribution in [0.3, 0.4) is 0 Å². The maximum Gasteiger partial charge on any atom is 0.472 e. The molecule has 0 aromatic heterocycles. The average Bonchev–Trinajstić information content (AvgIpc) is 0.800. The molecular weight excluding hydrogens is 1970 g/mol. The average molecular weight is 2120 g/mol. The van der Waals surface area contributed by atoms with Crippen LogP contribution < -0.4 is 28.7 Å². The number of carbonyl (C=O) groups is 7. The summed E-state index contributed by atoms with van der Waals surface area (Å²) < 4.78 is 196. The van der Waals surface area contributed by atoms with E-state index in [1.165, 1.54) is 64.2 Å². The van der Waals surface area contributed by atoms with Crippen molar-refractivity contribution in [2.24, 2.45) is 28.7 Å². The first-order chi connectivity index (χ1) is 64.2. The van der Waals surface area contributed by atoms with Crippen molar-refractivity contribution in [3.8, 4) is 0 Å². The van der Waals surface area contributed by atoms with Crippen molar-refractivity contribution in [3.63, 3.8) is 0 Å². The zero-order valence-electron chi connectivity index (χ0n) is 78.0. The van der Waals surface area contributed by atoms with E-state index in [2.05, 4.69) is 22.9 Å². The second-order valence-corrected chi connectivity index (χ2v) is 41.2. The number of ether oxygens (including phenoxy) is 11. The minimum Gasteiger partial charge on any atom is -0.462 e. The highest BCUT2D eigenvalue weighted by Gasteiger charge is 2.49. The van der Waals surface area contributed by atoms with Crippen molar-refractivity contribution in [1.29, 1.82) is 0 Å². The van der Waals surface area contributed by atoms with Gasteiger partial charge >= 0.3 is 88.7 Å². The number of rotatable bonds is 80. The molecule has 0 saturated carbocycles. The molecule has 24 N–H and O–H groups in total. The number of aliphatic hydroxyl groups is 8. The molecule has 2 saturated heterocycles. The van der Waals surface area contributed by atoms with Gasteiger partial charge in [0.1, 0.15) is 122 Å². The van der Waals surface area contributed by atoms with Crippen LogP contribution in [0.15, 0.2) is 0 Å². The highest BCUT2D eigenvalue weighted by atomic mass is 31.2. The van der Waals surface area contributed by atoms with Gasteiger partial charge in [-0.2, -0.15) is 0 Å². The van der Waals surface area contributed by atoms with Gasteiger partial charge in [-0.05, 0) is 47.5 Å². The van der Waals surface area contributed by atoms with Gasteiger partial charge in [0, 0.05) is 12.8 Å². The van der Waals surface area contributed by atoms with Crippen molar-refractivity contribution in [3.05, 3.63) is 0 Å². The molecule has 0 aromatic rings. The third kappa shape index (κ3) is 58.9. The van der Waals surface area contributed by atoms with Gasteiger partial charge < -0.3 is 151 Å². The summed E-state index contributed by atoms with van der Waals surface area (Å²) >= 11 is 0. The van der Waals surface area contributed by atoms with Gasteiger partial charge in [-0.1, -0.05) is 142 Å². The Morgan fingerprint density at radius 2 is 0.526 bits per heavy atom. The van der Waals surface area contributed by atoms with Crippen molar-refractivity contribution in [2.45, 2.75) is 337 Å². The smallest absolute Gasteiger partial charge is 0.462 e. The van der Waals surface area contributed by atoms with Crippen LogP contribution in [0.1, 0.15) is 203 Å². The first kappa shape index (κ1) is 129. The van der Waals surface area contributed by atoms with Crippen LogP contribution in [-0.2, 0) is 167 Å². The number of hydrogen-bond acceptors (Lipinski definition) is 49. The van der Waals surface area contributed by atoms with E-state index in [0.717, 1.165) is 98.8 Å². The zero-order chi connectivity index (χ0) is 103. The second-order valence-electron chi connectivity index (χ2n) is 32.5. The Morgan fingerprint density at radius 1 is 0.292 bits per heavy atom. The summed E-state index contributed by atoms with van der Waals surface area (Å²) in [5, 5.41) is 84.2. The van der Waals surface area contributed by atoms with Crippen LogP contribution in [0.25, 0.3) is 0 Å². The number of nitrogens with two attached hydrogens (primary N) is 5. The van der Waals surface area contributed by atoms with Crippen LogP contribution in [0.5, 0.6) is 0 Å². The van der Waals surface area contributed by atoms with Crippen LogP contribution >= 0.6 is 46.9 Å². The van der Waals surface area contributed by atoms with Crippen LogP contribution in [0.4, 0.5) is 0 Å². The third-order valence-corrected chi connectivity index (χ3v) is 25.2. The Balaban J connectivity index is 2.18. The van der Waals surface area contributed by atoms with Crippen LogP contribution in [0, 0.1) is 0 Å². The second kappa shape index (κ2) is 68.6. The van der Waals surface area contributed by atoms with E-state index in [9.17, 15) is 126 Å². The minimum atomic E-state index is -5.60. The fourth-order valence-corrected chi connectivity index (χ4v) is 16.3. The SMILES string of the molecule is CCCCCCCCCCCCCC(=O)OC[C@H](CO[C@@H]1O[C@H](CO[C@@H]2O[C@H](COP(=O)(O)OC[C@H](COP(=O)(O)OC[C@H](COP(=O)(O)OC[C@H](COP(=O)(O)OC[C@H](COP(=O)(O)OC[C@H](COP(=O)(O)OC[C@@H](O)CO)OC(=O)[C@@H](C)N)OC(=O)[C@@H](C)N)OC(=O)[C@@H](C)N)OC(=O)[C@@H](C)N)OC(=O)[C@@H](C)N)[C@@H](O)[C@H](O)[C@H]2O)[C@@H](O)[C@H](O)[C@H]1O)OC(=O)CCCCCCCCCCCCC. The summed E-state index contributed by atoms with van der Waals surface area (Å²) in [6, 6.07) is -7.24. The molecular formula is C76H147N5O50P6. The van der Waals surface area contributed by atoms with E-state index in [4.69, 9.17) is 131 Å². The quantitative estimate of drug-likeness (QED) is 0.0174. The molecule has 0 radical (unpaired) electrons. The van der Waals surface area contributed by atoms with E-state index in [1.807, 2.05) is 0 Å². The summed E-state index contributed by atoms with van der Waals surface area (Å²) in [7, 11) is -32.8. The van der Waals surface area contributed by atoms with Gasteiger partial charge in [-0.25, -0.2) is 27.4 Å². The van der Waals surface area contributed by atoms with Gasteiger partial charge in [0.2, 0.25) is 0 Å². The lowest BCUT2D eigenvalue weighted by Crippen LogP contribution is -2.62. The number of carbonyl (C=O) groups excluding carboxylic acids is 7. The predicted molar refractivity (Wildman–Crippen MR) is 469 cm³/mol. The molecule has 0 bridgehead atoms. The Hall–Kier alpha value is -3.73. The Bertz CT molecular complexity index is 3740. The highest BCUT2D eigenvalue weighted by molar-refractivity contribution is 7.48. The monoisotopic (exact) mass is 2120 g/mol. The fourth-order valence-electron chi connectivity index (χ4n) is 11.6. The number of phosphoric ester groups is 6. The standard InChI is InChI=1S/C76H147N5O50P6/c1-8-10-12-14-16-18-20-22-24-26-28-30-62(84)109-34-54(124-63(85)31-29-27-25-23-21-19-17-15-13-11-9-2)35-110-75-68(90)66(88)64(86)60(130-75)46-111-76-69(91)67(89)65(87)61(131-76)47-123-137(107,108)122-45-59(129-74(96)52(7)81)44-121-136(105,106)120-43-58(128-73(95)51(6)80)42-119-135(103,104)118-41-57(127-72(94)50(5)79)40-117-134(101,102)116-39-56(126-71(93)49(4)78)38-115-133(99,100)114-37-55(125-70(92)48(3)77)36-113-132(97,98)112-33-53(83)32-82/h48-61,64-69,75-76,82-83,86-91H,8-47,77-81H2,1-7H3,(H,97,98)(H,99,100)(H,101,102)(H,103,104)(H,105,106)(H,107,108)/t48-,49-,50-,51-,52-,53+,54-,55+,56+,57+,58+,59+,60-,61-,64-,65-,66+,67+,68-,69-,75-,76-/m1/s1. The Kier molecular flexibility index (Phi) is 64.8. The van der Waals surface area contributed by atoms with Gasteiger partial charge in [-0.15, -0.1) is 0 Å². The topological polar surface area (TPSA) is 848 Å². The van der Waals surface area contributed by atoms with Crippen LogP contribution in [0.2, 0.25) is 0 Å².